The normalized spacial score (nSPS) is 17.5. The molecule has 0 saturated heterocycles. The number of ketones is 2. The number of benzene rings is 2. The topological polar surface area (TPSA) is 279 Å². The van der Waals surface area contributed by atoms with Gasteiger partial charge in [-0.1, -0.05) is 43.7 Å². The van der Waals surface area contributed by atoms with Crippen molar-refractivity contribution in [3.8, 4) is 11.4 Å². The summed E-state index contributed by atoms with van der Waals surface area (Å²) in [5.41, 5.74) is 2.37. The van der Waals surface area contributed by atoms with Crippen LogP contribution < -0.4 is 26.8 Å². The maximum atomic E-state index is 15.4. The van der Waals surface area contributed by atoms with Crippen LogP contribution in [0.4, 0.5) is 4.39 Å². The number of aliphatic hydroxyl groups is 1. The van der Waals surface area contributed by atoms with Crippen LogP contribution in [0.3, 0.4) is 0 Å². The van der Waals surface area contributed by atoms with E-state index in [0.717, 1.165) is 11.1 Å². The van der Waals surface area contributed by atoms with Crippen LogP contribution >= 0.6 is 0 Å². The number of nitrogens with one attached hydrogen (secondary N) is 4. The molecule has 6 amide bonds. The fraction of sp³-hybridized carbons (Fsp3) is 0.436. The zero-order chi connectivity index (χ0) is 54.4. The number of carbonyl (C=O) groups is 9. The highest BCUT2D eigenvalue weighted by atomic mass is 19.1. The molecule has 4 aliphatic rings. The van der Waals surface area contributed by atoms with E-state index in [-0.39, 0.29) is 113 Å². The minimum absolute atomic E-state index is 0.0456. The number of aromatic nitrogens is 2. The van der Waals surface area contributed by atoms with Crippen molar-refractivity contribution in [3.63, 3.8) is 0 Å². The second-order valence-corrected chi connectivity index (χ2v) is 19.6. The first-order chi connectivity index (χ1) is 36.4. The van der Waals surface area contributed by atoms with Crippen molar-refractivity contribution in [2.75, 3.05) is 26.4 Å². The van der Waals surface area contributed by atoms with Crippen LogP contribution in [0.2, 0.25) is 0 Å². The van der Waals surface area contributed by atoms with Crippen molar-refractivity contribution in [2.24, 2.45) is 0 Å². The summed E-state index contributed by atoms with van der Waals surface area (Å²) in [6.45, 7) is 3.74. The number of halogens is 1. The van der Waals surface area contributed by atoms with Gasteiger partial charge < -0.3 is 40.4 Å². The van der Waals surface area contributed by atoms with Crippen molar-refractivity contribution >= 4 is 63.9 Å². The maximum absolute atomic E-state index is 15.4. The number of cyclic esters (lactones) is 1. The number of hydrogen-bond acceptors (Lipinski definition) is 14. The van der Waals surface area contributed by atoms with Crippen LogP contribution in [0.25, 0.3) is 22.3 Å². The number of unbranched alkanes of at least 4 members (excludes halogenated alkanes) is 2. The second kappa shape index (κ2) is 23.4. The number of Topliss-reactive ketones (excluding diaryl/α,β-unsaturated/α-hetero) is 2. The number of carbonyl (C=O) groups excluding carboxylic acids is 9. The van der Waals surface area contributed by atoms with Gasteiger partial charge in [-0.25, -0.2) is 14.2 Å². The summed E-state index contributed by atoms with van der Waals surface area (Å²) in [6, 6.07) is 10.2. The number of imide groups is 1. The molecule has 0 saturated carbocycles. The van der Waals surface area contributed by atoms with Crippen molar-refractivity contribution < 1.29 is 62.1 Å². The molecule has 0 bridgehead atoms. The van der Waals surface area contributed by atoms with Gasteiger partial charge in [0.1, 0.15) is 25.8 Å². The molecular formula is C55H60FN7O13. The van der Waals surface area contributed by atoms with E-state index in [1.807, 2.05) is 0 Å². The quantitative estimate of drug-likeness (QED) is 0.0257. The number of nitrogens with zero attached hydrogens (tertiary/aromatic N) is 3. The molecule has 3 aliphatic heterocycles. The molecule has 8 rings (SSSR count). The lowest BCUT2D eigenvalue weighted by Crippen LogP contribution is -2.44. The highest BCUT2D eigenvalue weighted by Crippen LogP contribution is 2.46. The Labute approximate surface area is 436 Å². The Balaban J connectivity index is 0.800. The SMILES string of the molecule is CC[C@@]1(O)C(=O)OCc2c1cc1n(c2=O)Cc2c-1nc1cc(F)c(C)c3c1c2[C@@H](NC(=O)COCNC(=O)CCC(=O)[C@@H](Cc1ccccc1)NC(=O)CCC(=O)CNC(=O)CCCCCN1C(=O)C=C(C)C1=O)CC3. The van der Waals surface area contributed by atoms with Gasteiger partial charge in [0.15, 0.2) is 17.2 Å². The number of esters is 1. The van der Waals surface area contributed by atoms with Crippen molar-refractivity contribution in [1.82, 2.24) is 35.7 Å². The molecule has 2 aromatic carbocycles. The summed E-state index contributed by atoms with van der Waals surface area (Å²) in [7, 11) is 0. The Hall–Kier alpha value is -7.78. The van der Waals surface area contributed by atoms with Crippen LogP contribution in [-0.4, -0.2) is 105 Å². The molecule has 4 aromatic rings. The minimum atomic E-state index is -2.05. The molecule has 1 aliphatic carbocycles. The standard InChI is InChI=1S/C55H60FN7O13/c1-4-55(74)37-23-42-51-35(26-63(42)53(72)36(37)27-76-54(55)73)50-39(16-15-34-31(3)38(56)24-41(61-51)49(34)50)59-47(69)28-75-29-58-45(67)19-17-43(65)40(22-32-11-7-5-8-12-32)60-46(68)18-14-33(64)25-57-44(66)13-9-6-10-20-62-48(70)21-30(2)52(62)71/h5,7-8,11-12,21,23-24,39-40,74H,4,6,9-10,13-20,22,25-29H2,1-3H3,(H,57,66)(H,58,67)(H,59,69)(H,60,68)/t39-,40+,55-/m0/s1. The number of amides is 6. The zero-order valence-electron chi connectivity index (χ0n) is 42.6. The van der Waals surface area contributed by atoms with E-state index in [2.05, 4.69) is 21.3 Å². The molecule has 20 nitrogen and oxygen atoms in total. The van der Waals surface area contributed by atoms with Gasteiger partial charge >= 0.3 is 5.97 Å². The highest BCUT2D eigenvalue weighted by molar-refractivity contribution is 6.15. The highest BCUT2D eigenvalue weighted by Gasteiger charge is 2.46. The number of fused-ring (bicyclic) bond motifs is 5. The van der Waals surface area contributed by atoms with Crippen LogP contribution in [-0.2, 0) is 84.2 Å². The fourth-order valence-corrected chi connectivity index (χ4v) is 10.3. The Bertz CT molecular complexity index is 3150. The second-order valence-electron chi connectivity index (χ2n) is 19.6. The molecule has 21 heteroatoms. The molecule has 76 heavy (non-hydrogen) atoms. The monoisotopic (exact) mass is 1050 g/mol. The molecule has 400 valence electrons. The fourth-order valence-electron chi connectivity index (χ4n) is 10.3. The van der Waals surface area contributed by atoms with E-state index in [1.54, 1.807) is 57.2 Å². The summed E-state index contributed by atoms with van der Waals surface area (Å²) >= 11 is 0. The number of pyridine rings is 2. The predicted molar refractivity (Wildman–Crippen MR) is 270 cm³/mol. The molecule has 0 fully saturated rings. The van der Waals surface area contributed by atoms with Crippen LogP contribution in [0.15, 0.2) is 58.9 Å². The van der Waals surface area contributed by atoms with Gasteiger partial charge in [-0.05, 0) is 80.7 Å². The Morgan fingerprint density at radius 3 is 2.38 bits per heavy atom. The minimum Gasteiger partial charge on any atom is -0.458 e. The first-order valence-corrected chi connectivity index (χ1v) is 25.5. The third-order valence-electron chi connectivity index (χ3n) is 14.5. The summed E-state index contributed by atoms with van der Waals surface area (Å²) in [4.78, 5) is 134. The zero-order valence-corrected chi connectivity index (χ0v) is 42.6. The van der Waals surface area contributed by atoms with Gasteiger partial charge in [-0.15, -0.1) is 0 Å². The van der Waals surface area contributed by atoms with E-state index in [1.165, 1.54) is 21.6 Å². The first-order valence-electron chi connectivity index (χ1n) is 25.5. The van der Waals surface area contributed by atoms with Gasteiger partial charge in [0, 0.05) is 72.9 Å². The van der Waals surface area contributed by atoms with Gasteiger partial charge in [0.2, 0.25) is 23.6 Å². The predicted octanol–water partition coefficient (Wildman–Crippen LogP) is 3.14. The van der Waals surface area contributed by atoms with Gasteiger partial charge in [-0.3, -0.25) is 48.1 Å². The number of hydrogen-bond donors (Lipinski definition) is 5. The van der Waals surface area contributed by atoms with Gasteiger partial charge in [0.25, 0.3) is 17.4 Å². The van der Waals surface area contributed by atoms with Gasteiger partial charge in [-0.2, -0.15) is 0 Å². The molecule has 0 spiro atoms. The number of ether oxygens (including phenoxy) is 2. The molecular weight excluding hydrogens is 986 g/mol. The summed E-state index contributed by atoms with van der Waals surface area (Å²) in [5.74, 6) is -4.81. The van der Waals surface area contributed by atoms with Crippen molar-refractivity contribution in [2.45, 2.75) is 129 Å². The van der Waals surface area contributed by atoms with Crippen LogP contribution in [0, 0.1) is 12.7 Å². The average molecular weight is 1050 g/mol. The molecule has 0 radical (unpaired) electrons. The largest absolute Gasteiger partial charge is 0.458 e. The van der Waals surface area contributed by atoms with E-state index < -0.39 is 65.1 Å². The van der Waals surface area contributed by atoms with E-state index in [9.17, 15) is 53.1 Å². The van der Waals surface area contributed by atoms with E-state index in [4.69, 9.17) is 14.5 Å². The van der Waals surface area contributed by atoms with E-state index in [0.29, 0.717) is 76.7 Å². The third-order valence-corrected chi connectivity index (χ3v) is 14.5. The molecule has 3 atom stereocenters. The lowest BCUT2D eigenvalue weighted by molar-refractivity contribution is -0.172. The number of aryl methyl sites for hydroxylation is 1. The van der Waals surface area contributed by atoms with Crippen molar-refractivity contribution in [1.29, 1.82) is 0 Å². The lowest BCUT2D eigenvalue weighted by atomic mass is 9.81. The Morgan fingerprint density at radius 2 is 1.64 bits per heavy atom. The first kappa shape index (κ1) is 54.5. The average Bonchev–Trinajstić information content (AvgIpc) is 3.97. The summed E-state index contributed by atoms with van der Waals surface area (Å²) < 4.78 is 27.6. The van der Waals surface area contributed by atoms with Gasteiger partial charge in [0.05, 0.1) is 47.6 Å². The molecule has 5 N–H and O–H groups in total. The molecule has 5 heterocycles. The lowest BCUT2D eigenvalue weighted by Gasteiger charge is -2.31. The van der Waals surface area contributed by atoms with Crippen LogP contribution in [0.1, 0.15) is 123 Å². The third kappa shape index (κ3) is 11.7. The maximum Gasteiger partial charge on any atom is 0.343 e. The van der Waals surface area contributed by atoms with E-state index >= 15 is 4.39 Å². The summed E-state index contributed by atoms with van der Waals surface area (Å²) in [5, 5.41) is 22.8. The Kier molecular flexibility index (Phi) is 16.8. The van der Waals surface area contributed by atoms with Crippen molar-refractivity contribution in [3.05, 3.63) is 109 Å². The smallest absolute Gasteiger partial charge is 0.343 e. The summed E-state index contributed by atoms with van der Waals surface area (Å²) in [6.07, 6.45) is 2.97. The Morgan fingerprint density at radius 1 is 0.895 bits per heavy atom. The molecule has 0 unspecified atom stereocenters. The molecule has 2 aromatic heterocycles. The van der Waals surface area contributed by atoms with Crippen LogP contribution in [0.5, 0.6) is 0 Å². The number of rotatable bonds is 24.